The fraction of sp³-hybridized carbons (Fsp3) is 0.500. The molecule has 3 heterocycles. The van der Waals surface area contributed by atoms with E-state index in [1.54, 1.807) is 7.05 Å². The van der Waals surface area contributed by atoms with E-state index in [4.69, 9.17) is 4.98 Å². The van der Waals surface area contributed by atoms with Crippen molar-refractivity contribution in [1.29, 1.82) is 0 Å². The Balaban J connectivity index is 1.73. The zero-order valence-electron chi connectivity index (χ0n) is 17.4. The molecule has 1 saturated carbocycles. The summed E-state index contributed by atoms with van der Waals surface area (Å²) < 4.78 is 0. The van der Waals surface area contributed by atoms with E-state index in [1.165, 1.54) is 24.2 Å². The number of carbonyl (C=O) groups excluding carboxylic acids is 2. The summed E-state index contributed by atoms with van der Waals surface area (Å²) in [5.41, 5.74) is 3.29. The number of anilines is 2. The van der Waals surface area contributed by atoms with E-state index in [9.17, 15) is 9.59 Å². The van der Waals surface area contributed by atoms with Crippen molar-refractivity contribution < 1.29 is 9.59 Å². The van der Waals surface area contributed by atoms with Crippen LogP contribution in [-0.4, -0.2) is 54.0 Å². The molecular weight excluding hydrogens is 388 g/mol. The molecule has 0 radical (unpaired) electrons. The van der Waals surface area contributed by atoms with Crippen LogP contribution in [0.5, 0.6) is 0 Å². The van der Waals surface area contributed by atoms with Gasteiger partial charge < -0.3 is 15.1 Å². The molecule has 1 aliphatic carbocycles. The minimum absolute atomic E-state index is 0.0742. The highest BCUT2D eigenvalue weighted by atomic mass is 32.1. The number of hydrogen-bond donors (Lipinski definition) is 2. The molecule has 0 bridgehead atoms. The molecular formula is C20H26N6O2S. The van der Waals surface area contributed by atoms with Crippen LogP contribution in [-0.2, 0) is 6.54 Å². The molecule has 2 aliphatic rings. The predicted molar refractivity (Wildman–Crippen MR) is 115 cm³/mol. The summed E-state index contributed by atoms with van der Waals surface area (Å²) in [5.74, 6) is 1.37. The van der Waals surface area contributed by atoms with Crippen LogP contribution < -0.4 is 15.5 Å². The average Bonchev–Trinajstić information content (AvgIpc) is 3.40. The number of nitrogens with one attached hydrogen (secondary N) is 2. The number of pyridine rings is 1. The molecule has 0 spiro atoms. The maximum atomic E-state index is 13.2. The Hall–Kier alpha value is -2.68. The molecule has 1 aliphatic heterocycles. The molecule has 1 atom stereocenters. The van der Waals surface area contributed by atoms with Gasteiger partial charge >= 0.3 is 6.03 Å². The molecule has 9 heteroatoms. The molecule has 2 aromatic heterocycles. The quantitative estimate of drug-likeness (QED) is 0.785. The molecule has 4 rings (SSSR count). The molecule has 3 amide bonds. The number of aromatic nitrogens is 2. The zero-order valence-corrected chi connectivity index (χ0v) is 18.2. The second-order valence-electron chi connectivity index (χ2n) is 7.91. The van der Waals surface area contributed by atoms with Crippen molar-refractivity contribution in [2.24, 2.45) is 5.92 Å². The second kappa shape index (κ2) is 7.29. The van der Waals surface area contributed by atoms with Gasteiger partial charge in [-0.1, -0.05) is 11.3 Å². The summed E-state index contributed by atoms with van der Waals surface area (Å²) in [6, 6.07) is 1.95. The fourth-order valence-corrected chi connectivity index (χ4v) is 4.71. The van der Waals surface area contributed by atoms with E-state index in [0.29, 0.717) is 29.0 Å². The Morgan fingerprint density at radius 2 is 2.07 bits per heavy atom. The smallest absolute Gasteiger partial charge is 0.320 e. The van der Waals surface area contributed by atoms with Crippen LogP contribution in [0.1, 0.15) is 41.4 Å². The average molecular weight is 415 g/mol. The third-order valence-corrected chi connectivity index (χ3v) is 6.69. The molecule has 29 heavy (non-hydrogen) atoms. The van der Waals surface area contributed by atoms with E-state index in [-0.39, 0.29) is 18.0 Å². The standard InChI is InChI=1S/C20H26N6O2S/c1-10-16(29-20(22-10)24-19(28)21-3)14-8-13-9-26(11(2)12-6-7-12)18(27)15(13)17(23-14)25(4)5/h8,11-12H,6-7,9H2,1-5H3,(H2,21,22,24,28)/t11-/m0/s1. The molecule has 0 saturated heterocycles. The highest BCUT2D eigenvalue weighted by Crippen LogP contribution is 2.41. The lowest BCUT2D eigenvalue weighted by molar-refractivity contribution is 0.0698. The molecule has 0 aromatic carbocycles. The van der Waals surface area contributed by atoms with Gasteiger partial charge in [0, 0.05) is 33.7 Å². The van der Waals surface area contributed by atoms with Crippen molar-refractivity contribution in [3.05, 3.63) is 22.9 Å². The maximum Gasteiger partial charge on any atom is 0.320 e. The first-order valence-corrected chi connectivity index (χ1v) is 10.6. The summed E-state index contributed by atoms with van der Waals surface area (Å²) in [6.45, 7) is 4.66. The number of thiazole rings is 1. The number of nitrogens with zero attached hydrogens (tertiary/aromatic N) is 4. The van der Waals surface area contributed by atoms with Crippen molar-refractivity contribution in [2.45, 2.75) is 39.3 Å². The van der Waals surface area contributed by atoms with Crippen LogP contribution >= 0.6 is 11.3 Å². The molecule has 0 unspecified atom stereocenters. The summed E-state index contributed by atoms with van der Waals surface area (Å²) in [7, 11) is 5.38. The van der Waals surface area contributed by atoms with Crippen LogP contribution in [0, 0.1) is 12.8 Å². The number of hydrogen-bond acceptors (Lipinski definition) is 6. The van der Waals surface area contributed by atoms with E-state index < -0.39 is 0 Å². The Morgan fingerprint density at radius 1 is 1.34 bits per heavy atom. The van der Waals surface area contributed by atoms with Gasteiger partial charge in [0.15, 0.2) is 5.13 Å². The molecule has 8 nitrogen and oxygen atoms in total. The lowest BCUT2D eigenvalue weighted by atomic mass is 10.1. The monoisotopic (exact) mass is 414 g/mol. The first-order valence-electron chi connectivity index (χ1n) is 9.79. The van der Waals surface area contributed by atoms with Gasteiger partial charge in [0.2, 0.25) is 0 Å². The number of urea groups is 1. The van der Waals surface area contributed by atoms with Gasteiger partial charge in [0.1, 0.15) is 5.82 Å². The Bertz CT molecular complexity index is 982. The van der Waals surface area contributed by atoms with Crippen LogP contribution in [0.4, 0.5) is 15.7 Å². The number of aryl methyl sites for hydroxylation is 1. The largest absolute Gasteiger partial charge is 0.362 e. The van der Waals surface area contributed by atoms with Gasteiger partial charge in [-0.15, -0.1) is 0 Å². The summed E-state index contributed by atoms with van der Waals surface area (Å²) >= 11 is 1.38. The lowest BCUT2D eigenvalue weighted by Crippen LogP contribution is -2.35. The predicted octanol–water partition coefficient (Wildman–Crippen LogP) is 3.09. The SMILES string of the molecule is CNC(=O)Nc1nc(C)c(-c2cc3c(c(N(C)C)n2)C(=O)N([C@@H](C)C2CC2)C3)s1. The van der Waals surface area contributed by atoms with Gasteiger partial charge in [-0.3, -0.25) is 10.1 Å². The van der Waals surface area contributed by atoms with Gasteiger partial charge in [-0.2, -0.15) is 0 Å². The molecule has 1 fully saturated rings. The Kier molecular flexibility index (Phi) is 4.94. The first kappa shape index (κ1) is 19.6. The van der Waals surface area contributed by atoms with Gasteiger partial charge in [0.25, 0.3) is 5.91 Å². The molecule has 154 valence electrons. The van der Waals surface area contributed by atoms with Gasteiger partial charge in [-0.05, 0) is 44.2 Å². The van der Waals surface area contributed by atoms with E-state index >= 15 is 0 Å². The Labute approximate surface area is 174 Å². The van der Waals surface area contributed by atoms with Crippen LogP contribution in [0.25, 0.3) is 10.6 Å². The maximum absolute atomic E-state index is 13.2. The Morgan fingerprint density at radius 3 is 2.69 bits per heavy atom. The van der Waals surface area contributed by atoms with Crippen molar-refractivity contribution in [3.8, 4) is 10.6 Å². The highest BCUT2D eigenvalue weighted by molar-refractivity contribution is 7.19. The van der Waals surface area contributed by atoms with Crippen molar-refractivity contribution >= 4 is 34.2 Å². The van der Waals surface area contributed by atoms with Crippen LogP contribution in [0.3, 0.4) is 0 Å². The molecule has 2 N–H and O–H groups in total. The van der Waals surface area contributed by atoms with Crippen molar-refractivity contribution in [3.63, 3.8) is 0 Å². The third-order valence-electron chi connectivity index (χ3n) is 5.59. The zero-order chi connectivity index (χ0) is 20.9. The second-order valence-corrected chi connectivity index (χ2v) is 8.91. The summed E-state index contributed by atoms with van der Waals surface area (Å²) in [5, 5.41) is 5.76. The lowest BCUT2D eigenvalue weighted by Gasteiger charge is -2.24. The van der Waals surface area contributed by atoms with Gasteiger partial charge in [-0.25, -0.2) is 14.8 Å². The number of amides is 3. The topological polar surface area (TPSA) is 90.5 Å². The fourth-order valence-electron chi connectivity index (χ4n) is 3.79. The van der Waals surface area contributed by atoms with E-state index in [2.05, 4.69) is 22.5 Å². The van der Waals surface area contributed by atoms with Crippen LogP contribution in [0.2, 0.25) is 0 Å². The van der Waals surface area contributed by atoms with Gasteiger partial charge in [0.05, 0.1) is 21.8 Å². The summed E-state index contributed by atoms with van der Waals surface area (Å²) in [4.78, 5) is 38.8. The number of fused-ring (bicyclic) bond motifs is 1. The van der Waals surface area contributed by atoms with E-state index in [1.807, 2.05) is 36.9 Å². The normalized spacial score (nSPS) is 16.6. The van der Waals surface area contributed by atoms with E-state index in [0.717, 1.165) is 21.8 Å². The number of carbonyl (C=O) groups is 2. The summed E-state index contributed by atoms with van der Waals surface area (Å²) in [6.07, 6.45) is 2.40. The first-order chi connectivity index (χ1) is 13.8. The van der Waals surface area contributed by atoms with Crippen LogP contribution in [0.15, 0.2) is 6.07 Å². The highest BCUT2D eigenvalue weighted by Gasteiger charge is 2.40. The molecule has 2 aromatic rings. The minimum atomic E-state index is -0.309. The third kappa shape index (κ3) is 3.55. The van der Waals surface area contributed by atoms with Crippen molar-refractivity contribution in [1.82, 2.24) is 20.2 Å². The minimum Gasteiger partial charge on any atom is -0.362 e. The number of rotatable bonds is 5. The van der Waals surface area contributed by atoms with Crippen molar-refractivity contribution in [2.75, 3.05) is 31.4 Å².